The summed E-state index contributed by atoms with van der Waals surface area (Å²) >= 11 is 0. The van der Waals surface area contributed by atoms with Crippen LogP contribution in [0.3, 0.4) is 0 Å². The molecule has 1 heterocycles. The largest absolute Gasteiger partial charge is 0.382 e. The highest BCUT2D eigenvalue weighted by Crippen LogP contribution is 2.28. The highest BCUT2D eigenvalue weighted by molar-refractivity contribution is 5.88. The topological polar surface area (TPSA) is 68.2 Å². The minimum Gasteiger partial charge on any atom is -0.382 e. The van der Waals surface area contributed by atoms with Crippen molar-refractivity contribution in [3.05, 3.63) is 11.8 Å². The molecule has 0 aliphatic carbocycles. The van der Waals surface area contributed by atoms with Crippen LogP contribution in [0, 0.1) is 0 Å². The minimum absolute atomic E-state index is 0.0686. The third-order valence-electron chi connectivity index (χ3n) is 3.31. The second-order valence-corrected chi connectivity index (χ2v) is 7.68. The van der Waals surface area contributed by atoms with Crippen LogP contribution >= 0.6 is 0 Å². The Bertz CT molecular complexity index is 510. The zero-order valence-electron chi connectivity index (χ0n) is 15.6. The van der Waals surface area contributed by atoms with E-state index in [1.807, 2.05) is 17.7 Å². The number of hydrogen-bond acceptors (Lipinski definition) is 3. The van der Waals surface area contributed by atoms with E-state index in [0.717, 1.165) is 12.1 Å². The molecule has 2 amide bonds. The van der Waals surface area contributed by atoms with Gasteiger partial charge in [0.2, 0.25) is 0 Å². The first kappa shape index (κ1) is 19.5. The Hall–Kier alpha value is -1.56. The Kier molecular flexibility index (Phi) is 6.62. The molecule has 0 unspecified atom stereocenters. The monoisotopic (exact) mass is 324 g/mol. The van der Waals surface area contributed by atoms with E-state index in [4.69, 9.17) is 4.74 Å². The van der Waals surface area contributed by atoms with E-state index in [2.05, 4.69) is 57.3 Å². The summed E-state index contributed by atoms with van der Waals surface area (Å²) in [7, 11) is 0. The van der Waals surface area contributed by atoms with Gasteiger partial charge in [-0.3, -0.25) is 5.32 Å². The van der Waals surface area contributed by atoms with Gasteiger partial charge >= 0.3 is 6.03 Å². The fourth-order valence-corrected chi connectivity index (χ4v) is 2.03. The highest BCUT2D eigenvalue weighted by Gasteiger charge is 2.25. The number of hydrogen-bond donors (Lipinski definition) is 2. The zero-order valence-corrected chi connectivity index (χ0v) is 15.6. The van der Waals surface area contributed by atoms with Gasteiger partial charge < -0.3 is 10.1 Å². The summed E-state index contributed by atoms with van der Waals surface area (Å²) in [5, 5.41) is 10.4. The van der Waals surface area contributed by atoms with Crippen LogP contribution in [0.1, 0.15) is 60.6 Å². The van der Waals surface area contributed by atoms with Crippen molar-refractivity contribution in [3.63, 3.8) is 0 Å². The lowest BCUT2D eigenvalue weighted by Crippen LogP contribution is -2.33. The molecule has 0 bridgehead atoms. The van der Waals surface area contributed by atoms with Crippen molar-refractivity contribution in [3.8, 4) is 0 Å². The number of amides is 2. The molecule has 0 saturated heterocycles. The second kappa shape index (κ2) is 7.81. The average molecular weight is 324 g/mol. The number of ether oxygens (including phenoxy) is 1. The molecule has 1 aromatic rings. The molecule has 0 atom stereocenters. The summed E-state index contributed by atoms with van der Waals surface area (Å²) in [6.07, 6.45) is 0.799. The molecular weight excluding hydrogens is 292 g/mol. The predicted octanol–water partition coefficient (Wildman–Crippen LogP) is 3.48. The van der Waals surface area contributed by atoms with E-state index < -0.39 is 0 Å². The number of aromatic nitrogens is 2. The molecule has 0 radical (unpaired) electrons. The van der Waals surface area contributed by atoms with E-state index in [-0.39, 0.29) is 17.0 Å². The molecule has 0 aliphatic heterocycles. The SMILES string of the molecule is CCOCCCNC(=O)Nc1cc(C(C)(C)C)nn1C(C)(C)C. The van der Waals surface area contributed by atoms with Crippen LogP contribution in [0.5, 0.6) is 0 Å². The second-order valence-electron chi connectivity index (χ2n) is 7.68. The number of nitrogens with zero attached hydrogens (tertiary/aromatic N) is 2. The van der Waals surface area contributed by atoms with Gasteiger partial charge in [0.25, 0.3) is 0 Å². The van der Waals surface area contributed by atoms with Crippen molar-refractivity contribution in [1.29, 1.82) is 0 Å². The number of anilines is 1. The molecule has 23 heavy (non-hydrogen) atoms. The van der Waals surface area contributed by atoms with Gasteiger partial charge in [0, 0.05) is 31.2 Å². The summed E-state index contributed by atoms with van der Waals surface area (Å²) in [6.45, 7) is 16.4. The maximum atomic E-state index is 12.1. The normalized spacial score (nSPS) is 12.3. The number of rotatable bonds is 6. The molecule has 1 rings (SSSR count). The van der Waals surface area contributed by atoms with Gasteiger partial charge in [0.1, 0.15) is 5.82 Å². The summed E-state index contributed by atoms with van der Waals surface area (Å²) in [6, 6.07) is 1.73. The molecule has 2 N–H and O–H groups in total. The minimum atomic E-state index is -0.215. The van der Waals surface area contributed by atoms with E-state index in [1.54, 1.807) is 0 Å². The fourth-order valence-electron chi connectivity index (χ4n) is 2.03. The maximum absolute atomic E-state index is 12.1. The summed E-state index contributed by atoms with van der Waals surface area (Å²) in [5.74, 6) is 0.713. The molecule has 0 spiro atoms. The molecule has 0 saturated carbocycles. The van der Waals surface area contributed by atoms with Crippen LogP contribution in [0.2, 0.25) is 0 Å². The van der Waals surface area contributed by atoms with Gasteiger partial charge in [0.15, 0.2) is 0 Å². The first-order valence-electron chi connectivity index (χ1n) is 8.29. The first-order chi connectivity index (χ1) is 10.6. The van der Waals surface area contributed by atoms with Crippen molar-refractivity contribution in [2.24, 2.45) is 0 Å². The highest BCUT2D eigenvalue weighted by atomic mass is 16.5. The maximum Gasteiger partial charge on any atom is 0.320 e. The van der Waals surface area contributed by atoms with Crippen LogP contribution in [-0.2, 0) is 15.7 Å². The summed E-state index contributed by atoms with van der Waals surface area (Å²) in [4.78, 5) is 12.1. The van der Waals surface area contributed by atoms with Gasteiger partial charge in [-0.25, -0.2) is 9.48 Å². The average Bonchev–Trinajstić information content (AvgIpc) is 2.82. The lowest BCUT2D eigenvalue weighted by atomic mass is 9.92. The van der Waals surface area contributed by atoms with E-state index in [9.17, 15) is 4.79 Å². The van der Waals surface area contributed by atoms with Crippen molar-refractivity contribution in [2.75, 3.05) is 25.1 Å². The van der Waals surface area contributed by atoms with Crippen LogP contribution < -0.4 is 10.6 Å². The van der Waals surface area contributed by atoms with Crippen molar-refractivity contribution in [1.82, 2.24) is 15.1 Å². The summed E-state index contributed by atoms with van der Waals surface area (Å²) in [5.41, 5.74) is 0.682. The predicted molar refractivity (Wildman–Crippen MR) is 94.1 cm³/mol. The third-order valence-corrected chi connectivity index (χ3v) is 3.31. The van der Waals surface area contributed by atoms with Gasteiger partial charge in [-0.15, -0.1) is 0 Å². The molecule has 0 aliphatic rings. The van der Waals surface area contributed by atoms with E-state index in [1.165, 1.54) is 0 Å². The number of carbonyl (C=O) groups is 1. The fraction of sp³-hybridized carbons (Fsp3) is 0.765. The van der Waals surface area contributed by atoms with Crippen molar-refractivity contribution in [2.45, 2.75) is 65.8 Å². The molecule has 6 heteroatoms. The Morgan fingerprint density at radius 2 is 1.91 bits per heavy atom. The lowest BCUT2D eigenvalue weighted by molar-refractivity contribution is 0.145. The van der Waals surface area contributed by atoms with Gasteiger partial charge in [0.05, 0.1) is 11.2 Å². The van der Waals surface area contributed by atoms with Gasteiger partial charge in [-0.2, -0.15) is 5.10 Å². The molecule has 1 aromatic heterocycles. The Labute approximate surface area is 140 Å². The van der Waals surface area contributed by atoms with Crippen LogP contribution in [0.15, 0.2) is 6.07 Å². The molecule has 6 nitrogen and oxygen atoms in total. The molecule has 0 fully saturated rings. The van der Waals surface area contributed by atoms with Crippen LogP contribution in [-0.4, -0.2) is 35.6 Å². The Morgan fingerprint density at radius 1 is 1.26 bits per heavy atom. The quantitative estimate of drug-likeness (QED) is 0.787. The first-order valence-corrected chi connectivity index (χ1v) is 8.29. The number of nitrogens with one attached hydrogen (secondary N) is 2. The smallest absolute Gasteiger partial charge is 0.320 e. The standard InChI is InChI=1S/C17H32N4O2/c1-8-23-11-9-10-18-15(22)19-14-12-13(16(2,3)4)20-21(14)17(5,6)7/h12H,8-11H2,1-7H3,(H2,18,19,22). The summed E-state index contributed by atoms with van der Waals surface area (Å²) < 4.78 is 7.12. The number of carbonyl (C=O) groups excluding carboxylic acids is 1. The third kappa shape index (κ3) is 6.22. The molecular formula is C17H32N4O2. The molecule has 0 aromatic carbocycles. The Balaban J connectivity index is 2.75. The van der Waals surface area contributed by atoms with E-state index >= 15 is 0 Å². The van der Waals surface area contributed by atoms with Gasteiger partial charge in [-0.05, 0) is 34.1 Å². The van der Waals surface area contributed by atoms with Crippen LogP contribution in [0.4, 0.5) is 10.6 Å². The number of urea groups is 1. The Morgan fingerprint density at radius 3 is 2.43 bits per heavy atom. The van der Waals surface area contributed by atoms with E-state index in [0.29, 0.717) is 25.6 Å². The van der Waals surface area contributed by atoms with Gasteiger partial charge in [-0.1, -0.05) is 20.8 Å². The van der Waals surface area contributed by atoms with Crippen molar-refractivity contribution < 1.29 is 9.53 Å². The lowest BCUT2D eigenvalue weighted by Gasteiger charge is -2.23. The van der Waals surface area contributed by atoms with Crippen LogP contribution in [0.25, 0.3) is 0 Å². The van der Waals surface area contributed by atoms with Crippen molar-refractivity contribution >= 4 is 11.8 Å². The molecule has 132 valence electrons. The zero-order chi connectivity index (χ0) is 17.7.